The fourth-order valence-electron chi connectivity index (χ4n) is 3.32. The van der Waals surface area contributed by atoms with Crippen molar-refractivity contribution in [2.24, 2.45) is 4.99 Å². The van der Waals surface area contributed by atoms with E-state index in [-0.39, 0.29) is 0 Å². The zero-order chi connectivity index (χ0) is 21.0. The molecule has 29 heavy (non-hydrogen) atoms. The van der Waals surface area contributed by atoms with E-state index >= 15 is 0 Å². The summed E-state index contributed by atoms with van der Waals surface area (Å²) in [4.78, 5) is 18.2. The number of methoxy groups -OCH3 is 2. The average molecular weight is 415 g/mol. The van der Waals surface area contributed by atoms with E-state index in [0.717, 1.165) is 10.2 Å². The van der Waals surface area contributed by atoms with Crippen molar-refractivity contribution >= 4 is 27.5 Å². The highest BCUT2D eigenvalue weighted by Crippen LogP contribution is 2.29. The zero-order valence-electron chi connectivity index (χ0n) is 17.4. The maximum absolute atomic E-state index is 13.1. The van der Waals surface area contributed by atoms with Crippen LogP contribution >= 0.6 is 11.3 Å². The molecule has 0 spiro atoms. The van der Waals surface area contributed by atoms with E-state index < -0.39 is 5.91 Å². The Balaban J connectivity index is 2.18. The Hall–Kier alpha value is -2.64. The normalized spacial score (nSPS) is 11.8. The van der Waals surface area contributed by atoms with Crippen LogP contribution in [0.5, 0.6) is 11.5 Å². The van der Waals surface area contributed by atoms with Crippen molar-refractivity contribution < 1.29 is 19.0 Å². The third-order valence-electron chi connectivity index (χ3n) is 4.62. The van der Waals surface area contributed by atoms with E-state index in [4.69, 9.17) is 14.2 Å². The molecule has 0 aliphatic rings. The van der Waals surface area contributed by atoms with Crippen molar-refractivity contribution in [2.75, 3.05) is 27.4 Å². The largest absolute Gasteiger partial charge is 0.496 e. The summed E-state index contributed by atoms with van der Waals surface area (Å²) in [5, 5.41) is 0. The zero-order valence-corrected chi connectivity index (χ0v) is 18.3. The summed E-state index contributed by atoms with van der Waals surface area (Å²) in [6.45, 7) is 7.92. The number of carbonyl (C=O) groups excluding carboxylic acids is 1. The van der Waals surface area contributed by atoms with Crippen LogP contribution in [0.1, 0.15) is 28.4 Å². The Kier molecular flexibility index (Phi) is 6.71. The first-order chi connectivity index (χ1) is 14.0. The lowest BCUT2D eigenvalue weighted by Gasteiger charge is -2.10. The van der Waals surface area contributed by atoms with Crippen LogP contribution in [0.15, 0.2) is 35.3 Å². The minimum absolute atomic E-state index is 0.319. The second-order valence-electron chi connectivity index (χ2n) is 6.62. The first-order valence-corrected chi connectivity index (χ1v) is 10.3. The number of rotatable bonds is 7. The summed E-state index contributed by atoms with van der Waals surface area (Å²) in [6, 6.07) is 9.50. The third-order valence-corrected chi connectivity index (χ3v) is 5.85. The summed E-state index contributed by atoms with van der Waals surface area (Å²) in [6.07, 6.45) is 0. The standard InChI is InChI=1S/C22H26N2O4S/c1-6-28-11-10-24-16-13-14(2)12-15(3)20(16)29-22(24)23-21(25)19-17(26-4)8-7-9-18(19)27-5/h7-9,12-13H,6,10-11H2,1-5H3. The van der Waals surface area contributed by atoms with Crippen LogP contribution in [0, 0.1) is 13.8 Å². The molecule has 1 heterocycles. The quantitative estimate of drug-likeness (QED) is 0.546. The minimum atomic E-state index is -0.398. The predicted molar refractivity (Wildman–Crippen MR) is 115 cm³/mol. The number of nitrogens with zero attached hydrogens (tertiary/aromatic N) is 2. The Labute approximate surface area is 174 Å². The van der Waals surface area contributed by atoms with Crippen LogP contribution in [0.4, 0.5) is 0 Å². The maximum atomic E-state index is 13.1. The van der Waals surface area contributed by atoms with Gasteiger partial charge in [0.2, 0.25) is 0 Å². The molecule has 0 atom stereocenters. The Morgan fingerprint density at radius 1 is 1.14 bits per heavy atom. The van der Waals surface area contributed by atoms with Gasteiger partial charge in [-0.05, 0) is 50.1 Å². The molecule has 0 N–H and O–H groups in total. The summed E-state index contributed by atoms with van der Waals surface area (Å²) in [7, 11) is 3.05. The minimum Gasteiger partial charge on any atom is -0.496 e. The van der Waals surface area contributed by atoms with Gasteiger partial charge in [0.15, 0.2) is 4.80 Å². The molecule has 3 rings (SSSR count). The van der Waals surface area contributed by atoms with E-state index in [9.17, 15) is 4.79 Å². The summed E-state index contributed by atoms with van der Waals surface area (Å²) in [5.74, 6) is 0.476. The number of hydrogen-bond acceptors (Lipinski definition) is 5. The number of amides is 1. The van der Waals surface area contributed by atoms with Crippen molar-refractivity contribution in [1.82, 2.24) is 4.57 Å². The first kappa shape index (κ1) is 21.1. The third kappa shape index (κ3) is 4.36. The number of aromatic nitrogens is 1. The van der Waals surface area contributed by atoms with E-state index in [1.165, 1.54) is 36.7 Å². The first-order valence-electron chi connectivity index (χ1n) is 9.48. The number of thiazole rings is 1. The highest BCUT2D eigenvalue weighted by atomic mass is 32.1. The summed E-state index contributed by atoms with van der Waals surface area (Å²) in [5.41, 5.74) is 3.71. The fourth-order valence-corrected chi connectivity index (χ4v) is 4.42. The van der Waals surface area contributed by atoms with Crippen LogP contribution in [0.2, 0.25) is 0 Å². The lowest BCUT2D eigenvalue weighted by Crippen LogP contribution is -2.20. The second-order valence-corrected chi connectivity index (χ2v) is 7.60. The van der Waals surface area contributed by atoms with Gasteiger partial charge in [0, 0.05) is 13.2 Å². The van der Waals surface area contributed by atoms with Crippen molar-refractivity contribution in [3.8, 4) is 11.5 Å². The molecule has 0 saturated heterocycles. The maximum Gasteiger partial charge on any atom is 0.287 e. The lowest BCUT2D eigenvalue weighted by molar-refractivity contribution is 0.0990. The molecule has 154 valence electrons. The van der Waals surface area contributed by atoms with Gasteiger partial charge >= 0.3 is 0 Å². The number of fused-ring (bicyclic) bond motifs is 1. The van der Waals surface area contributed by atoms with Gasteiger partial charge in [0.05, 0.1) is 31.0 Å². The van der Waals surface area contributed by atoms with Gasteiger partial charge in [-0.15, -0.1) is 0 Å². The van der Waals surface area contributed by atoms with Crippen LogP contribution in [-0.4, -0.2) is 37.9 Å². The number of hydrogen-bond donors (Lipinski definition) is 0. The Morgan fingerprint density at radius 3 is 2.45 bits per heavy atom. The number of ether oxygens (including phenoxy) is 3. The molecular formula is C22H26N2O4S. The molecule has 0 aliphatic carbocycles. The highest BCUT2D eigenvalue weighted by molar-refractivity contribution is 7.16. The van der Waals surface area contributed by atoms with Gasteiger partial charge in [-0.2, -0.15) is 4.99 Å². The molecule has 0 radical (unpaired) electrons. The Bertz CT molecular complexity index is 1080. The fraction of sp³-hybridized carbons (Fsp3) is 0.364. The monoisotopic (exact) mass is 414 g/mol. The molecule has 1 amide bonds. The van der Waals surface area contributed by atoms with Crippen molar-refractivity contribution in [2.45, 2.75) is 27.3 Å². The van der Waals surface area contributed by atoms with Crippen molar-refractivity contribution in [1.29, 1.82) is 0 Å². The highest BCUT2D eigenvalue weighted by Gasteiger charge is 2.19. The van der Waals surface area contributed by atoms with E-state index in [0.29, 0.717) is 41.6 Å². The Morgan fingerprint density at radius 2 is 1.83 bits per heavy atom. The summed E-state index contributed by atoms with van der Waals surface area (Å²) < 4.78 is 19.5. The van der Waals surface area contributed by atoms with Gasteiger partial charge in [-0.25, -0.2) is 0 Å². The number of aryl methyl sites for hydroxylation is 2. The van der Waals surface area contributed by atoms with Gasteiger partial charge in [-0.1, -0.05) is 23.5 Å². The van der Waals surface area contributed by atoms with E-state index in [1.54, 1.807) is 18.2 Å². The molecular weight excluding hydrogens is 388 g/mol. The van der Waals surface area contributed by atoms with Gasteiger partial charge in [-0.3, -0.25) is 4.79 Å². The molecule has 2 aromatic carbocycles. The second kappa shape index (κ2) is 9.24. The van der Waals surface area contributed by atoms with Gasteiger partial charge in [0.25, 0.3) is 5.91 Å². The molecule has 6 nitrogen and oxygen atoms in total. The molecule has 0 fully saturated rings. The van der Waals surface area contributed by atoms with Gasteiger partial charge < -0.3 is 18.8 Å². The lowest BCUT2D eigenvalue weighted by atomic mass is 10.1. The molecule has 1 aromatic heterocycles. The predicted octanol–water partition coefficient (Wildman–Crippen LogP) is 4.11. The van der Waals surface area contributed by atoms with E-state index in [1.807, 2.05) is 6.92 Å². The van der Waals surface area contributed by atoms with Crippen LogP contribution in [-0.2, 0) is 11.3 Å². The molecule has 0 aliphatic heterocycles. The SMILES string of the molecule is CCOCCn1c(=NC(=O)c2c(OC)cccc2OC)sc2c(C)cc(C)cc21. The topological polar surface area (TPSA) is 62.1 Å². The number of benzene rings is 2. The molecule has 7 heteroatoms. The molecule has 0 saturated carbocycles. The summed E-state index contributed by atoms with van der Waals surface area (Å²) >= 11 is 1.51. The average Bonchev–Trinajstić information content (AvgIpc) is 3.04. The van der Waals surface area contributed by atoms with Crippen LogP contribution < -0.4 is 14.3 Å². The molecule has 0 bridgehead atoms. The van der Waals surface area contributed by atoms with Crippen molar-refractivity contribution in [3.63, 3.8) is 0 Å². The van der Waals surface area contributed by atoms with Crippen LogP contribution in [0.3, 0.4) is 0 Å². The van der Waals surface area contributed by atoms with Crippen molar-refractivity contribution in [3.05, 3.63) is 51.8 Å². The van der Waals surface area contributed by atoms with Gasteiger partial charge in [0.1, 0.15) is 17.1 Å². The van der Waals surface area contributed by atoms with Crippen LogP contribution in [0.25, 0.3) is 10.2 Å². The van der Waals surface area contributed by atoms with E-state index in [2.05, 4.69) is 35.5 Å². The number of carbonyl (C=O) groups is 1. The smallest absolute Gasteiger partial charge is 0.287 e. The molecule has 0 unspecified atom stereocenters. The molecule has 3 aromatic rings.